The van der Waals surface area contributed by atoms with E-state index >= 15 is 0 Å². The highest BCUT2D eigenvalue weighted by Crippen LogP contribution is 2.20. The van der Waals surface area contributed by atoms with Gasteiger partial charge in [0.2, 0.25) is 11.8 Å². The Labute approximate surface area is 137 Å². The van der Waals surface area contributed by atoms with E-state index in [1.165, 1.54) is 6.42 Å². The number of hydrogen-bond donors (Lipinski definition) is 0. The number of hydrogen-bond acceptors (Lipinski definition) is 3. The Balaban J connectivity index is 1.56. The molecular formula is C17H26N4O2. The zero-order valence-corrected chi connectivity index (χ0v) is 13.9. The maximum atomic E-state index is 12.6. The Morgan fingerprint density at radius 1 is 1.30 bits per heavy atom. The first-order valence-electron chi connectivity index (χ1n) is 8.70. The molecule has 1 aromatic heterocycles. The second-order valence-corrected chi connectivity index (χ2v) is 6.71. The van der Waals surface area contributed by atoms with Crippen LogP contribution in [0, 0.1) is 6.92 Å². The normalized spacial score (nSPS) is 22.0. The molecule has 0 aromatic carbocycles. The summed E-state index contributed by atoms with van der Waals surface area (Å²) in [5.41, 5.74) is 1.14. The molecule has 3 heterocycles. The summed E-state index contributed by atoms with van der Waals surface area (Å²) in [6.07, 6.45) is 9.17. The molecule has 0 radical (unpaired) electrons. The van der Waals surface area contributed by atoms with Gasteiger partial charge in [-0.25, -0.2) is 0 Å². The molecule has 1 aromatic rings. The molecule has 0 N–H and O–H groups in total. The second kappa shape index (κ2) is 7.15. The van der Waals surface area contributed by atoms with Crippen molar-refractivity contribution >= 4 is 11.8 Å². The largest absolute Gasteiger partial charge is 0.342 e. The summed E-state index contributed by atoms with van der Waals surface area (Å²) in [6.45, 7) is 5.00. The van der Waals surface area contributed by atoms with Crippen LogP contribution in [0.1, 0.15) is 44.1 Å². The van der Waals surface area contributed by atoms with Crippen LogP contribution in [0.15, 0.2) is 12.4 Å². The molecule has 0 saturated carbocycles. The molecule has 3 rings (SSSR count). The number of carbonyl (C=O) groups is 2. The minimum absolute atomic E-state index is 0.179. The van der Waals surface area contributed by atoms with Gasteiger partial charge in [0.1, 0.15) is 0 Å². The molecule has 23 heavy (non-hydrogen) atoms. The third-order valence-electron chi connectivity index (χ3n) is 4.87. The molecule has 2 aliphatic rings. The minimum Gasteiger partial charge on any atom is -0.342 e. The molecule has 1 atom stereocenters. The summed E-state index contributed by atoms with van der Waals surface area (Å²) in [5.74, 6) is 0.373. The van der Waals surface area contributed by atoms with Crippen molar-refractivity contribution in [2.45, 2.75) is 58.0 Å². The van der Waals surface area contributed by atoms with Crippen molar-refractivity contribution in [1.82, 2.24) is 19.6 Å². The smallest absolute Gasteiger partial charge is 0.224 e. The third kappa shape index (κ3) is 3.92. The predicted octanol–water partition coefficient (Wildman–Crippen LogP) is 1.59. The number of nitrogens with zero attached hydrogens (tertiary/aromatic N) is 4. The number of rotatable bonds is 5. The van der Waals surface area contributed by atoms with E-state index < -0.39 is 0 Å². The van der Waals surface area contributed by atoms with Crippen molar-refractivity contribution in [2.24, 2.45) is 0 Å². The zero-order chi connectivity index (χ0) is 16.2. The molecule has 0 aliphatic carbocycles. The average molecular weight is 318 g/mol. The van der Waals surface area contributed by atoms with Crippen molar-refractivity contribution in [3.63, 3.8) is 0 Å². The van der Waals surface area contributed by atoms with E-state index in [2.05, 4.69) is 5.10 Å². The summed E-state index contributed by atoms with van der Waals surface area (Å²) in [7, 11) is 0. The molecule has 2 aliphatic heterocycles. The fraction of sp³-hybridized carbons (Fsp3) is 0.706. The van der Waals surface area contributed by atoms with E-state index in [1.807, 2.05) is 33.8 Å². The molecule has 6 heteroatoms. The highest BCUT2D eigenvalue weighted by molar-refractivity contribution is 5.80. The van der Waals surface area contributed by atoms with E-state index in [-0.39, 0.29) is 17.9 Å². The average Bonchev–Trinajstić information content (AvgIpc) is 3.14. The maximum absolute atomic E-state index is 12.6. The van der Waals surface area contributed by atoms with Gasteiger partial charge in [-0.15, -0.1) is 0 Å². The maximum Gasteiger partial charge on any atom is 0.224 e. The molecular weight excluding hydrogens is 292 g/mol. The van der Waals surface area contributed by atoms with E-state index in [9.17, 15) is 9.59 Å². The molecule has 2 fully saturated rings. The fourth-order valence-electron chi connectivity index (χ4n) is 3.62. The summed E-state index contributed by atoms with van der Waals surface area (Å²) >= 11 is 0. The van der Waals surface area contributed by atoms with Crippen molar-refractivity contribution in [2.75, 3.05) is 19.6 Å². The quantitative estimate of drug-likeness (QED) is 0.828. The zero-order valence-electron chi connectivity index (χ0n) is 13.9. The first-order chi connectivity index (χ1) is 11.1. The number of amides is 2. The van der Waals surface area contributed by atoms with Crippen LogP contribution in [0.2, 0.25) is 0 Å². The third-order valence-corrected chi connectivity index (χ3v) is 4.87. The van der Waals surface area contributed by atoms with Crippen LogP contribution in [0.25, 0.3) is 0 Å². The first kappa shape index (κ1) is 16.0. The summed E-state index contributed by atoms with van der Waals surface area (Å²) < 4.78 is 1.94. The highest BCUT2D eigenvalue weighted by atomic mass is 16.2. The standard InChI is InChI=1S/C17H26N4O2/c1-14-11-18-20(12-14)13-15-5-2-3-9-21(15)17(23)7-10-19-8-4-6-16(19)22/h11-12,15H,2-10,13H2,1H3/t15-/m0/s1. The van der Waals surface area contributed by atoms with Gasteiger partial charge in [0.05, 0.1) is 18.8 Å². The van der Waals surface area contributed by atoms with Gasteiger partial charge < -0.3 is 9.80 Å². The van der Waals surface area contributed by atoms with Gasteiger partial charge in [0.25, 0.3) is 0 Å². The SMILES string of the molecule is Cc1cnn(C[C@@H]2CCCCN2C(=O)CCN2CCCC2=O)c1. The Bertz CT molecular complexity index is 569. The minimum atomic E-state index is 0.179. The topological polar surface area (TPSA) is 58.4 Å². The van der Waals surface area contributed by atoms with Crippen LogP contribution in [-0.2, 0) is 16.1 Å². The number of likely N-dealkylation sites (tertiary alicyclic amines) is 2. The van der Waals surface area contributed by atoms with Crippen molar-refractivity contribution in [3.05, 3.63) is 18.0 Å². The molecule has 126 valence electrons. The van der Waals surface area contributed by atoms with Crippen LogP contribution in [-0.4, -0.2) is 57.1 Å². The van der Waals surface area contributed by atoms with Crippen LogP contribution in [0.3, 0.4) is 0 Å². The van der Waals surface area contributed by atoms with Gasteiger partial charge in [-0.1, -0.05) is 0 Å². The molecule has 0 bridgehead atoms. The second-order valence-electron chi connectivity index (χ2n) is 6.71. The molecule has 2 saturated heterocycles. The van der Waals surface area contributed by atoms with Crippen LogP contribution in [0.4, 0.5) is 0 Å². The van der Waals surface area contributed by atoms with E-state index in [1.54, 1.807) is 0 Å². The van der Waals surface area contributed by atoms with E-state index in [0.717, 1.165) is 44.5 Å². The Morgan fingerprint density at radius 3 is 2.87 bits per heavy atom. The van der Waals surface area contributed by atoms with Gasteiger partial charge in [-0.3, -0.25) is 14.3 Å². The van der Waals surface area contributed by atoms with Gasteiger partial charge in [0.15, 0.2) is 0 Å². The van der Waals surface area contributed by atoms with Gasteiger partial charge in [-0.05, 0) is 38.2 Å². The molecule has 6 nitrogen and oxygen atoms in total. The van der Waals surface area contributed by atoms with Crippen LogP contribution < -0.4 is 0 Å². The Kier molecular flexibility index (Phi) is 4.98. The van der Waals surface area contributed by atoms with Crippen molar-refractivity contribution in [1.29, 1.82) is 0 Å². The van der Waals surface area contributed by atoms with Gasteiger partial charge in [-0.2, -0.15) is 5.10 Å². The van der Waals surface area contributed by atoms with E-state index in [4.69, 9.17) is 0 Å². The lowest BCUT2D eigenvalue weighted by atomic mass is 10.0. The number of carbonyl (C=O) groups excluding carboxylic acids is 2. The van der Waals surface area contributed by atoms with Crippen molar-refractivity contribution in [3.8, 4) is 0 Å². The predicted molar refractivity (Wildman–Crippen MR) is 86.7 cm³/mol. The molecule has 2 amide bonds. The van der Waals surface area contributed by atoms with Gasteiger partial charge in [0, 0.05) is 38.7 Å². The van der Waals surface area contributed by atoms with Crippen LogP contribution >= 0.6 is 0 Å². The van der Waals surface area contributed by atoms with E-state index in [0.29, 0.717) is 19.4 Å². The summed E-state index contributed by atoms with van der Waals surface area (Å²) in [6, 6.07) is 0.227. The number of aryl methyl sites for hydroxylation is 1. The molecule has 0 spiro atoms. The fourth-order valence-corrected chi connectivity index (χ4v) is 3.62. The summed E-state index contributed by atoms with van der Waals surface area (Å²) in [4.78, 5) is 28.1. The molecule has 0 unspecified atom stereocenters. The summed E-state index contributed by atoms with van der Waals surface area (Å²) in [5, 5.41) is 4.35. The highest BCUT2D eigenvalue weighted by Gasteiger charge is 2.28. The van der Waals surface area contributed by atoms with Crippen molar-refractivity contribution < 1.29 is 9.59 Å². The lowest BCUT2D eigenvalue weighted by Crippen LogP contribution is -2.46. The number of piperidine rings is 1. The lowest BCUT2D eigenvalue weighted by molar-refractivity contribution is -0.136. The Morgan fingerprint density at radius 2 is 2.17 bits per heavy atom. The van der Waals surface area contributed by atoms with Crippen LogP contribution in [0.5, 0.6) is 0 Å². The lowest BCUT2D eigenvalue weighted by Gasteiger charge is -2.36. The monoisotopic (exact) mass is 318 g/mol. The van der Waals surface area contributed by atoms with Gasteiger partial charge >= 0.3 is 0 Å². The first-order valence-corrected chi connectivity index (χ1v) is 8.70. The Hall–Kier alpha value is -1.85. The number of aromatic nitrogens is 2.